The van der Waals surface area contributed by atoms with Crippen molar-refractivity contribution in [2.24, 2.45) is 0 Å². The Morgan fingerprint density at radius 1 is 0.619 bits per heavy atom. The summed E-state index contributed by atoms with van der Waals surface area (Å²) < 4.78 is 20.2. The first-order valence-corrected chi connectivity index (χ1v) is 11.0. The zero-order valence-electron chi connectivity index (χ0n) is 13.5. The van der Waals surface area contributed by atoms with Crippen LogP contribution in [0.1, 0.15) is 78.1 Å². The van der Waals surface area contributed by atoms with Crippen molar-refractivity contribution in [1.82, 2.24) is 0 Å². The summed E-state index contributed by atoms with van der Waals surface area (Å²) in [4.78, 5) is 20.2. The molecule has 0 N–H and O–H groups in total. The van der Waals surface area contributed by atoms with Gasteiger partial charge in [0.15, 0.2) is 0 Å². The Morgan fingerprint density at radius 3 is 1.14 bits per heavy atom. The van der Waals surface area contributed by atoms with Crippen molar-refractivity contribution in [3.63, 3.8) is 0 Å². The van der Waals surface area contributed by atoms with Crippen LogP contribution in [0.15, 0.2) is 0 Å². The van der Waals surface area contributed by atoms with Gasteiger partial charge in [0.2, 0.25) is 0 Å². The standard InChI is InChI=1S/2C7H17O2P.Fe/c2*1-2-3-4-5-6-7-10(8)9;/h2*10H,2-7H2,1H3,(H,8,9);/q;;+2/p-2. The van der Waals surface area contributed by atoms with Crippen LogP contribution >= 0.6 is 16.1 Å². The number of rotatable bonds is 12. The predicted molar refractivity (Wildman–Crippen MR) is 85.3 cm³/mol. The molecule has 130 valence electrons. The molecule has 0 spiro atoms. The monoisotopic (exact) mass is 382 g/mol. The molecule has 2 unspecified atom stereocenters. The van der Waals surface area contributed by atoms with Crippen molar-refractivity contribution in [2.75, 3.05) is 12.3 Å². The van der Waals surface area contributed by atoms with E-state index in [0.29, 0.717) is 12.3 Å². The van der Waals surface area contributed by atoms with Crippen LogP contribution in [0.5, 0.6) is 0 Å². The molecule has 0 aromatic heterocycles. The third-order valence-electron chi connectivity index (χ3n) is 2.97. The molecule has 0 fully saturated rings. The minimum Gasteiger partial charge on any atom is -0.802 e. The molecule has 0 saturated carbocycles. The van der Waals surface area contributed by atoms with E-state index in [1.807, 2.05) is 0 Å². The van der Waals surface area contributed by atoms with Gasteiger partial charge in [-0.05, 0) is 25.2 Å². The molecule has 0 aliphatic rings. The third-order valence-corrected chi connectivity index (χ3v) is 4.49. The molecule has 7 heteroatoms. The van der Waals surface area contributed by atoms with E-state index in [1.165, 1.54) is 38.5 Å². The maximum Gasteiger partial charge on any atom is 2.00 e. The van der Waals surface area contributed by atoms with Gasteiger partial charge in [0.1, 0.15) is 0 Å². The van der Waals surface area contributed by atoms with Gasteiger partial charge in [-0.1, -0.05) is 65.2 Å². The van der Waals surface area contributed by atoms with Gasteiger partial charge in [-0.2, -0.15) is 0 Å². The fourth-order valence-electron chi connectivity index (χ4n) is 1.75. The van der Waals surface area contributed by atoms with E-state index in [-0.39, 0.29) is 17.1 Å². The maximum atomic E-state index is 10.1. The van der Waals surface area contributed by atoms with E-state index in [9.17, 15) is 18.9 Å². The molecule has 21 heavy (non-hydrogen) atoms. The van der Waals surface area contributed by atoms with Gasteiger partial charge < -0.3 is 18.9 Å². The number of hydrogen-bond acceptors (Lipinski definition) is 4. The maximum absolute atomic E-state index is 10.1. The molecule has 0 aromatic rings. The smallest absolute Gasteiger partial charge is 0.802 e. The molecule has 0 amide bonds. The Balaban J connectivity index is -0.000000295. The summed E-state index contributed by atoms with van der Waals surface area (Å²) in [6, 6.07) is 0. The van der Waals surface area contributed by atoms with Crippen LogP contribution in [-0.2, 0) is 26.2 Å². The summed E-state index contributed by atoms with van der Waals surface area (Å²) in [6.45, 7) is 4.30. The molecule has 0 heterocycles. The predicted octanol–water partition coefficient (Wildman–Crippen LogP) is 3.58. The van der Waals surface area contributed by atoms with Gasteiger partial charge in [0.25, 0.3) is 0 Å². The molecular weight excluding hydrogens is 350 g/mol. The van der Waals surface area contributed by atoms with E-state index >= 15 is 0 Å². The van der Waals surface area contributed by atoms with Crippen molar-refractivity contribution in [1.29, 1.82) is 0 Å². The molecule has 0 aromatic carbocycles. The molecule has 0 radical (unpaired) electrons. The van der Waals surface area contributed by atoms with E-state index in [4.69, 9.17) is 0 Å². The van der Waals surface area contributed by atoms with Crippen molar-refractivity contribution in [3.8, 4) is 0 Å². The molecule has 0 bridgehead atoms. The molecule has 2 atom stereocenters. The minimum atomic E-state index is -2.42. The SMILES string of the molecule is CCCCCCC[PH](=O)[O-].CCCCCCC[PH](=O)[O-].[Fe+2]. The first-order chi connectivity index (χ1) is 9.54. The van der Waals surface area contributed by atoms with Crippen molar-refractivity contribution >= 4 is 16.1 Å². The summed E-state index contributed by atoms with van der Waals surface area (Å²) in [6.07, 6.45) is 12.0. The first-order valence-electron chi connectivity index (χ1n) is 7.94. The van der Waals surface area contributed by atoms with Crippen LogP contribution in [0, 0.1) is 0 Å². The average Bonchev–Trinajstić information content (AvgIpc) is 2.38. The average molecular weight is 382 g/mol. The summed E-state index contributed by atoms with van der Waals surface area (Å²) in [5, 5.41) is 0. The van der Waals surface area contributed by atoms with E-state index in [2.05, 4.69) is 13.8 Å². The second kappa shape index (κ2) is 23.2. The van der Waals surface area contributed by atoms with Gasteiger partial charge in [-0.15, -0.1) is 0 Å². The van der Waals surface area contributed by atoms with Crippen molar-refractivity contribution < 1.29 is 36.0 Å². The van der Waals surface area contributed by atoms with Crippen LogP contribution in [-0.4, -0.2) is 12.3 Å². The van der Waals surface area contributed by atoms with Gasteiger partial charge in [0.05, 0.1) is 0 Å². The Hall–Kier alpha value is 0.899. The quantitative estimate of drug-likeness (QED) is 0.294. The Morgan fingerprint density at radius 2 is 0.905 bits per heavy atom. The molecule has 0 aliphatic heterocycles. The number of unbranched alkanes of at least 4 members (excludes halogenated alkanes) is 8. The molecule has 0 rings (SSSR count). The second-order valence-electron chi connectivity index (χ2n) is 5.07. The topological polar surface area (TPSA) is 80.3 Å². The van der Waals surface area contributed by atoms with Gasteiger partial charge in [-0.3, -0.25) is 0 Å². The van der Waals surface area contributed by atoms with Gasteiger partial charge in [-0.25, -0.2) is 0 Å². The molecule has 0 aliphatic carbocycles. The summed E-state index contributed by atoms with van der Waals surface area (Å²) in [7, 11) is -4.84. The molecule has 0 saturated heterocycles. The van der Waals surface area contributed by atoms with Crippen LogP contribution < -0.4 is 9.79 Å². The van der Waals surface area contributed by atoms with Crippen LogP contribution in [0.25, 0.3) is 0 Å². The summed E-state index contributed by atoms with van der Waals surface area (Å²) in [5.41, 5.74) is 0. The van der Waals surface area contributed by atoms with Crippen LogP contribution in [0.4, 0.5) is 0 Å². The normalized spacial score (nSPS) is 12.8. The largest absolute Gasteiger partial charge is 2.00 e. The van der Waals surface area contributed by atoms with Gasteiger partial charge in [0, 0.05) is 16.1 Å². The fraction of sp³-hybridized carbons (Fsp3) is 1.00. The summed E-state index contributed by atoms with van der Waals surface area (Å²) in [5.74, 6) is 0. The van der Waals surface area contributed by atoms with Crippen molar-refractivity contribution in [2.45, 2.75) is 78.1 Å². The number of hydrogen-bond donors (Lipinski definition) is 0. The Kier molecular flexibility index (Phi) is 29.5. The van der Waals surface area contributed by atoms with E-state index in [0.717, 1.165) is 25.7 Å². The third kappa shape index (κ3) is 33.6. The van der Waals surface area contributed by atoms with Crippen molar-refractivity contribution in [3.05, 3.63) is 0 Å². The Bertz CT molecular complexity index is 217. The second-order valence-corrected chi connectivity index (χ2v) is 7.56. The van der Waals surface area contributed by atoms with Crippen LogP contribution in [0.3, 0.4) is 0 Å². The van der Waals surface area contributed by atoms with E-state index < -0.39 is 16.1 Å². The van der Waals surface area contributed by atoms with Crippen LogP contribution in [0.2, 0.25) is 0 Å². The zero-order valence-corrected chi connectivity index (χ0v) is 16.6. The van der Waals surface area contributed by atoms with E-state index in [1.54, 1.807) is 0 Å². The minimum absolute atomic E-state index is 0. The zero-order chi connectivity index (χ0) is 15.6. The first kappa shape index (κ1) is 26.8. The Labute approximate surface area is 142 Å². The molecular formula is C14H32FeO4P2. The molecule has 4 nitrogen and oxygen atoms in total. The summed E-state index contributed by atoms with van der Waals surface area (Å²) >= 11 is 0. The van der Waals surface area contributed by atoms with Gasteiger partial charge >= 0.3 is 17.1 Å². The fourth-order valence-corrected chi connectivity index (χ4v) is 2.82.